The molecule has 0 atom stereocenters. The van der Waals surface area contributed by atoms with Crippen LogP contribution in [0.4, 0.5) is 8.78 Å². The van der Waals surface area contributed by atoms with E-state index in [4.69, 9.17) is 9.47 Å². The van der Waals surface area contributed by atoms with Crippen LogP contribution in [0.15, 0.2) is 98.1 Å². The number of nitrogens with zero attached hydrogens (tertiary/aromatic N) is 6. The van der Waals surface area contributed by atoms with Crippen molar-refractivity contribution in [1.29, 1.82) is 0 Å². The zero-order valence-electron chi connectivity index (χ0n) is 23.5. The predicted molar refractivity (Wildman–Crippen MR) is 155 cm³/mol. The Morgan fingerprint density at radius 1 is 0.932 bits per heavy atom. The first kappa shape index (κ1) is 30.0. The largest absolute Gasteiger partial charge is 0.454 e. The highest BCUT2D eigenvalue weighted by molar-refractivity contribution is 5.91. The van der Waals surface area contributed by atoms with Crippen molar-refractivity contribution < 1.29 is 28.2 Å². The molecule has 1 amide bonds. The summed E-state index contributed by atoms with van der Waals surface area (Å²) < 4.78 is 40.6. The quantitative estimate of drug-likeness (QED) is 0.233. The first-order valence-corrected chi connectivity index (χ1v) is 13.6. The highest BCUT2D eigenvalue weighted by Crippen LogP contribution is 2.32. The van der Waals surface area contributed by atoms with E-state index in [1.54, 1.807) is 12.2 Å². The van der Waals surface area contributed by atoms with Crippen LogP contribution < -0.4 is 14.8 Å². The maximum Gasteiger partial charge on any atom is 0.244 e. The molecule has 0 aliphatic carbocycles. The van der Waals surface area contributed by atoms with Crippen molar-refractivity contribution in [3.05, 3.63) is 126 Å². The van der Waals surface area contributed by atoms with Gasteiger partial charge in [-0.05, 0) is 41.8 Å². The van der Waals surface area contributed by atoms with Crippen molar-refractivity contribution in [3.63, 3.8) is 0 Å². The average molecular weight is 602 g/mol. The number of ether oxygens (including phenoxy) is 2. The van der Waals surface area contributed by atoms with Crippen molar-refractivity contribution in [2.75, 3.05) is 13.3 Å². The van der Waals surface area contributed by atoms with Crippen LogP contribution in [0, 0.1) is 11.6 Å². The zero-order chi connectivity index (χ0) is 30.8. The van der Waals surface area contributed by atoms with Gasteiger partial charge < -0.3 is 19.9 Å². The SMILES string of the molecule is O=C(/C=C/c1ccccc1)NCCc1ccc2c(c1)OCO2.OC(Cn1cncn1)(Cn1cncn1)c1ccc(F)cc1F. The average Bonchev–Trinajstić information content (AvgIpc) is 3.81. The van der Waals surface area contributed by atoms with E-state index in [-0.39, 0.29) is 31.4 Å². The Bertz CT molecular complexity index is 1640. The fourth-order valence-electron chi connectivity index (χ4n) is 4.47. The van der Waals surface area contributed by atoms with Crippen LogP contribution in [-0.4, -0.2) is 53.9 Å². The third kappa shape index (κ3) is 8.10. The lowest BCUT2D eigenvalue weighted by atomic mass is 9.93. The van der Waals surface area contributed by atoms with Gasteiger partial charge in [0.25, 0.3) is 0 Å². The molecule has 44 heavy (non-hydrogen) atoms. The number of benzene rings is 3. The van der Waals surface area contributed by atoms with Gasteiger partial charge in [0.05, 0.1) is 13.1 Å². The Balaban J connectivity index is 0.000000175. The normalized spacial score (nSPS) is 12.2. The molecule has 1 aliphatic rings. The molecule has 6 rings (SSSR count). The van der Waals surface area contributed by atoms with Crippen LogP contribution in [0.2, 0.25) is 0 Å². The fraction of sp³-hybridized carbons (Fsp3) is 0.194. The lowest BCUT2D eigenvalue weighted by Crippen LogP contribution is -2.37. The second-order valence-corrected chi connectivity index (χ2v) is 9.81. The lowest BCUT2D eigenvalue weighted by Gasteiger charge is -2.28. The number of nitrogens with one attached hydrogen (secondary N) is 1. The molecule has 0 fully saturated rings. The van der Waals surface area contributed by atoms with Gasteiger partial charge in [0.1, 0.15) is 42.5 Å². The number of aliphatic hydroxyl groups is 1. The van der Waals surface area contributed by atoms with Crippen LogP contribution in [0.1, 0.15) is 16.7 Å². The van der Waals surface area contributed by atoms with Gasteiger partial charge in [-0.2, -0.15) is 10.2 Å². The predicted octanol–water partition coefficient (Wildman–Crippen LogP) is 3.52. The summed E-state index contributed by atoms with van der Waals surface area (Å²) in [6.07, 6.45) is 9.50. The van der Waals surface area contributed by atoms with Gasteiger partial charge in [0.2, 0.25) is 12.7 Å². The zero-order valence-corrected chi connectivity index (χ0v) is 23.5. The van der Waals surface area contributed by atoms with Gasteiger partial charge in [-0.3, -0.25) is 4.79 Å². The van der Waals surface area contributed by atoms with Crippen molar-refractivity contribution in [1.82, 2.24) is 34.8 Å². The third-order valence-electron chi connectivity index (χ3n) is 6.59. The van der Waals surface area contributed by atoms with Gasteiger partial charge in [-0.25, -0.2) is 28.1 Å². The maximum absolute atomic E-state index is 14.1. The second-order valence-electron chi connectivity index (χ2n) is 9.81. The van der Waals surface area contributed by atoms with Crippen LogP contribution in [0.25, 0.3) is 6.08 Å². The Morgan fingerprint density at radius 3 is 2.30 bits per heavy atom. The second kappa shape index (κ2) is 14.2. The molecule has 2 N–H and O–H groups in total. The summed E-state index contributed by atoms with van der Waals surface area (Å²) in [6.45, 7) is 0.711. The standard InChI is InChI=1S/C18H17NO3.C13H12F2N6O/c20-18(9-7-14-4-2-1-3-5-14)19-11-10-15-6-8-16-17(12-15)22-13-21-16;14-10-1-2-11(12(15)3-10)13(22,4-20-8-16-6-18-20)5-21-9-17-7-19-21/h1-9,12H,10-11,13H2,(H,19,20);1-3,6-9,22H,4-5H2/b9-7+;. The maximum atomic E-state index is 14.1. The highest BCUT2D eigenvalue weighted by Gasteiger charge is 2.34. The molecule has 0 bridgehead atoms. The van der Waals surface area contributed by atoms with E-state index in [0.717, 1.165) is 41.2 Å². The van der Waals surface area contributed by atoms with E-state index in [9.17, 15) is 18.7 Å². The monoisotopic (exact) mass is 601 g/mol. The Labute approximate surface area is 251 Å². The van der Waals surface area contributed by atoms with Crippen molar-refractivity contribution in [2.24, 2.45) is 0 Å². The summed E-state index contributed by atoms with van der Waals surface area (Å²) in [7, 11) is 0. The van der Waals surface area contributed by atoms with Gasteiger partial charge in [-0.15, -0.1) is 0 Å². The molecule has 2 aromatic heterocycles. The van der Waals surface area contributed by atoms with E-state index in [1.165, 1.54) is 40.7 Å². The topological polar surface area (TPSA) is 129 Å². The van der Waals surface area contributed by atoms with E-state index in [1.807, 2.05) is 48.5 Å². The summed E-state index contributed by atoms with van der Waals surface area (Å²) in [4.78, 5) is 19.3. The highest BCUT2D eigenvalue weighted by atomic mass is 19.1. The van der Waals surface area contributed by atoms with Crippen LogP contribution in [0.5, 0.6) is 11.5 Å². The van der Waals surface area contributed by atoms with E-state index >= 15 is 0 Å². The molecule has 0 unspecified atom stereocenters. The molecule has 1 aliphatic heterocycles. The van der Waals surface area contributed by atoms with Gasteiger partial charge in [0, 0.05) is 24.3 Å². The summed E-state index contributed by atoms with van der Waals surface area (Å²) in [5.41, 5.74) is 0.365. The number of halogens is 2. The summed E-state index contributed by atoms with van der Waals surface area (Å²) in [6, 6.07) is 18.6. The summed E-state index contributed by atoms with van der Waals surface area (Å²) >= 11 is 0. The third-order valence-corrected chi connectivity index (χ3v) is 6.59. The Morgan fingerprint density at radius 2 is 1.64 bits per heavy atom. The van der Waals surface area contributed by atoms with Crippen LogP contribution in [-0.2, 0) is 29.9 Å². The van der Waals surface area contributed by atoms with Crippen molar-refractivity contribution in [3.8, 4) is 11.5 Å². The molecule has 3 heterocycles. The van der Waals surface area contributed by atoms with Crippen molar-refractivity contribution >= 4 is 12.0 Å². The molecule has 0 radical (unpaired) electrons. The van der Waals surface area contributed by atoms with Gasteiger partial charge in [0.15, 0.2) is 11.5 Å². The first-order valence-electron chi connectivity index (χ1n) is 13.6. The smallest absolute Gasteiger partial charge is 0.244 e. The molecule has 0 saturated carbocycles. The van der Waals surface area contributed by atoms with Crippen LogP contribution in [0.3, 0.4) is 0 Å². The summed E-state index contributed by atoms with van der Waals surface area (Å²) in [5.74, 6) is -0.108. The number of fused-ring (bicyclic) bond motifs is 1. The molecule has 0 spiro atoms. The summed E-state index contributed by atoms with van der Waals surface area (Å²) in [5, 5.41) is 21.6. The number of hydrogen-bond acceptors (Lipinski definition) is 8. The minimum Gasteiger partial charge on any atom is -0.454 e. The number of amides is 1. The van der Waals surface area contributed by atoms with Crippen LogP contribution >= 0.6 is 0 Å². The number of carbonyl (C=O) groups excluding carboxylic acids is 1. The number of rotatable bonds is 10. The molecular weight excluding hydrogens is 572 g/mol. The van der Waals surface area contributed by atoms with Crippen molar-refractivity contribution in [2.45, 2.75) is 25.1 Å². The molecule has 11 nitrogen and oxygen atoms in total. The van der Waals surface area contributed by atoms with E-state index < -0.39 is 17.2 Å². The van der Waals surface area contributed by atoms with E-state index in [0.29, 0.717) is 6.54 Å². The van der Waals surface area contributed by atoms with Gasteiger partial charge >= 0.3 is 0 Å². The molecular formula is C31H29F2N7O4. The molecule has 0 saturated heterocycles. The Kier molecular flexibility index (Phi) is 9.67. The minimum absolute atomic E-state index is 0.0556. The molecule has 226 valence electrons. The Hall–Kier alpha value is -5.43. The number of hydrogen-bond donors (Lipinski definition) is 2. The lowest BCUT2D eigenvalue weighted by molar-refractivity contribution is -0.116. The molecule has 3 aromatic carbocycles. The number of aromatic nitrogens is 6. The van der Waals surface area contributed by atoms with E-state index in [2.05, 4.69) is 25.5 Å². The molecule has 5 aromatic rings. The fourth-order valence-corrected chi connectivity index (χ4v) is 4.47. The minimum atomic E-state index is -1.70. The molecule has 13 heteroatoms. The number of carbonyl (C=O) groups is 1. The first-order chi connectivity index (χ1) is 21.4. The van der Waals surface area contributed by atoms with Gasteiger partial charge in [-0.1, -0.05) is 42.5 Å².